The van der Waals surface area contributed by atoms with E-state index in [1.54, 1.807) is 91.7 Å². The fourth-order valence-electron chi connectivity index (χ4n) is 5.61. The number of fused-ring (bicyclic) bond motifs is 2. The number of ether oxygens (including phenoxy) is 2. The molecule has 47 heavy (non-hydrogen) atoms. The monoisotopic (exact) mass is 636 g/mol. The number of amides is 3. The highest BCUT2D eigenvalue weighted by Crippen LogP contribution is 2.38. The van der Waals surface area contributed by atoms with Crippen LogP contribution in [-0.2, 0) is 20.9 Å². The van der Waals surface area contributed by atoms with Crippen LogP contribution in [0.2, 0.25) is 0 Å². The van der Waals surface area contributed by atoms with E-state index in [0.717, 1.165) is 10.8 Å². The number of benzene rings is 4. The van der Waals surface area contributed by atoms with Gasteiger partial charge in [0.2, 0.25) is 5.91 Å². The number of esters is 1. The van der Waals surface area contributed by atoms with Crippen molar-refractivity contribution in [2.45, 2.75) is 32.5 Å². The Morgan fingerprint density at radius 3 is 2.19 bits per heavy atom. The lowest BCUT2D eigenvalue weighted by atomic mass is 10.00. The Morgan fingerprint density at radius 1 is 0.894 bits per heavy atom. The summed E-state index contributed by atoms with van der Waals surface area (Å²) in [5.74, 6) is -1.33. The first-order chi connectivity index (χ1) is 22.6. The highest BCUT2D eigenvalue weighted by atomic mass is 16.5. The number of hydrogen-bond donors (Lipinski definition) is 2. The Morgan fingerprint density at radius 2 is 1.55 bits per heavy atom. The molecule has 11 nitrogen and oxygen atoms in total. The molecule has 5 rings (SSSR count). The largest absolute Gasteiger partial charge is 0.496 e. The number of hydrogen-bond acceptors (Lipinski definition) is 8. The number of nitrogens with one attached hydrogen (secondary N) is 2. The van der Waals surface area contributed by atoms with Crippen LogP contribution in [0.4, 0.5) is 11.4 Å². The third kappa shape index (κ3) is 6.56. The van der Waals surface area contributed by atoms with Crippen LogP contribution in [-0.4, -0.2) is 69.4 Å². The first-order valence-electron chi connectivity index (χ1n) is 15.1. The molecule has 1 unspecified atom stereocenters. The van der Waals surface area contributed by atoms with E-state index < -0.39 is 35.8 Å². The van der Waals surface area contributed by atoms with Gasteiger partial charge in [-0.1, -0.05) is 36.4 Å². The van der Waals surface area contributed by atoms with Gasteiger partial charge in [0.15, 0.2) is 5.78 Å². The number of nitrogens with zero attached hydrogens (tertiary/aromatic N) is 2. The van der Waals surface area contributed by atoms with Crippen molar-refractivity contribution in [2.75, 3.05) is 37.6 Å². The molecule has 11 heteroatoms. The van der Waals surface area contributed by atoms with E-state index in [-0.39, 0.29) is 18.9 Å². The van der Waals surface area contributed by atoms with Gasteiger partial charge in [-0.2, -0.15) is 0 Å². The predicted molar refractivity (Wildman–Crippen MR) is 178 cm³/mol. The smallest absolute Gasteiger partial charge is 0.337 e. The maximum absolute atomic E-state index is 14.5. The van der Waals surface area contributed by atoms with Crippen molar-refractivity contribution in [3.8, 4) is 5.75 Å². The number of para-hydroxylation sites is 2. The van der Waals surface area contributed by atoms with Crippen molar-refractivity contribution in [3.63, 3.8) is 0 Å². The molecule has 2 atom stereocenters. The summed E-state index contributed by atoms with van der Waals surface area (Å²) < 4.78 is 10.6. The fraction of sp³-hybridized carbons (Fsp3) is 0.250. The van der Waals surface area contributed by atoms with Crippen LogP contribution in [0.1, 0.15) is 50.5 Å². The lowest BCUT2D eigenvalue weighted by molar-refractivity contribution is -0.128. The molecule has 0 saturated heterocycles. The second kappa shape index (κ2) is 13.8. The van der Waals surface area contributed by atoms with Gasteiger partial charge in [-0.15, -0.1) is 0 Å². The minimum atomic E-state index is -1.11. The van der Waals surface area contributed by atoms with Crippen molar-refractivity contribution in [1.82, 2.24) is 10.6 Å². The zero-order valence-electron chi connectivity index (χ0n) is 26.8. The van der Waals surface area contributed by atoms with Crippen molar-refractivity contribution in [1.29, 1.82) is 0 Å². The molecule has 242 valence electrons. The Hall–Kier alpha value is -5.55. The normalized spacial score (nSPS) is 15.0. The Labute approximate surface area is 272 Å². The topological polar surface area (TPSA) is 134 Å². The third-order valence-corrected chi connectivity index (χ3v) is 8.36. The molecule has 0 radical (unpaired) electrons. The van der Waals surface area contributed by atoms with E-state index in [4.69, 9.17) is 9.47 Å². The number of carbonyl (C=O) groups is 5. The van der Waals surface area contributed by atoms with Gasteiger partial charge in [-0.05, 0) is 74.1 Å². The van der Waals surface area contributed by atoms with E-state index >= 15 is 0 Å². The average Bonchev–Trinajstić information content (AvgIpc) is 3.21. The standard InChI is InChI=1S/C36H36N4O7/c1-21(37-3)33(42)38-29-20-40(34(43)24-12-10-23(11-13-24)22(2)41)31-9-7-6-8-30(31)39(35(29)44)19-28-27-16-14-26(36(45)47-5)18-25(27)15-17-32(28)46-4/h6-18,21,29,37H,19-20H2,1-5H3,(H,38,42)/t21-,29?/m0/s1. The molecule has 0 fully saturated rings. The minimum Gasteiger partial charge on any atom is -0.496 e. The highest BCUT2D eigenvalue weighted by molar-refractivity contribution is 6.13. The summed E-state index contributed by atoms with van der Waals surface area (Å²) in [4.78, 5) is 68.9. The molecule has 1 aliphatic heterocycles. The summed E-state index contributed by atoms with van der Waals surface area (Å²) in [6.07, 6.45) is 0. The van der Waals surface area contributed by atoms with Gasteiger partial charge in [0.25, 0.3) is 11.8 Å². The molecule has 0 saturated carbocycles. The maximum atomic E-state index is 14.5. The van der Waals surface area contributed by atoms with Crippen molar-refractivity contribution in [2.24, 2.45) is 0 Å². The quantitative estimate of drug-likeness (QED) is 0.207. The molecule has 1 aliphatic rings. The molecule has 0 bridgehead atoms. The summed E-state index contributed by atoms with van der Waals surface area (Å²) >= 11 is 0. The SMILES string of the molecule is CN[C@@H](C)C(=O)NC1CN(C(=O)c2ccc(C(C)=O)cc2)c2ccccc2N(Cc2c(OC)ccc3cc(C(=O)OC)ccc23)C1=O. The molecule has 0 aliphatic carbocycles. The molecular formula is C36H36N4O7. The van der Waals surface area contributed by atoms with Crippen molar-refractivity contribution < 1.29 is 33.4 Å². The summed E-state index contributed by atoms with van der Waals surface area (Å²) in [7, 11) is 4.49. The van der Waals surface area contributed by atoms with Crippen LogP contribution in [0.5, 0.6) is 5.75 Å². The number of Topliss-reactive ketones (excluding diaryl/α,β-unsaturated/α-hetero) is 1. The molecule has 2 N–H and O–H groups in total. The number of ketones is 1. The number of carbonyl (C=O) groups excluding carboxylic acids is 5. The average molecular weight is 637 g/mol. The number of methoxy groups -OCH3 is 2. The zero-order chi connectivity index (χ0) is 33.8. The first-order valence-corrected chi connectivity index (χ1v) is 15.1. The maximum Gasteiger partial charge on any atom is 0.337 e. The summed E-state index contributed by atoms with van der Waals surface area (Å²) in [6, 6.07) is 20.4. The van der Waals surface area contributed by atoms with Crippen LogP contribution < -0.4 is 25.2 Å². The molecular weight excluding hydrogens is 600 g/mol. The van der Waals surface area contributed by atoms with E-state index in [1.165, 1.54) is 26.0 Å². The second-order valence-corrected chi connectivity index (χ2v) is 11.2. The number of anilines is 2. The van der Waals surface area contributed by atoms with Gasteiger partial charge in [0.1, 0.15) is 11.8 Å². The third-order valence-electron chi connectivity index (χ3n) is 8.36. The molecule has 0 aromatic heterocycles. The van der Waals surface area contributed by atoms with E-state index in [2.05, 4.69) is 10.6 Å². The van der Waals surface area contributed by atoms with Crippen LogP contribution in [0.25, 0.3) is 10.8 Å². The van der Waals surface area contributed by atoms with Crippen LogP contribution in [0.15, 0.2) is 78.9 Å². The summed E-state index contributed by atoms with van der Waals surface area (Å²) in [5, 5.41) is 7.21. The van der Waals surface area contributed by atoms with Crippen molar-refractivity contribution in [3.05, 3.63) is 101 Å². The summed E-state index contributed by atoms with van der Waals surface area (Å²) in [5.41, 5.74) is 2.74. The lowest BCUT2D eigenvalue weighted by Gasteiger charge is -2.27. The van der Waals surface area contributed by atoms with Gasteiger partial charge in [0, 0.05) is 16.7 Å². The number of likely N-dealkylation sites (N-methyl/N-ethyl adjacent to an activating group) is 1. The van der Waals surface area contributed by atoms with Gasteiger partial charge in [0.05, 0.1) is 50.3 Å². The van der Waals surface area contributed by atoms with E-state index in [1.807, 2.05) is 6.07 Å². The Balaban J connectivity index is 1.64. The van der Waals surface area contributed by atoms with Crippen molar-refractivity contribution >= 4 is 51.6 Å². The second-order valence-electron chi connectivity index (χ2n) is 11.2. The number of rotatable bonds is 9. The highest BCUT2D eigenvalue weighted by Gasteiger charge is 2.38. The van der Waals surface area contributed by atoms with E-state index in [9.17, 15) is 24.0 Å². The Bertz CT molecular complexity index is 1870. The summed E-state index contributed by atoms with van der Waals surface area (Å²) in [6.45, 7) is 3.00. The van der Waals surface area contributed by atoms with Gasteiger partial charge in [-0.3, -0.25) is 19.2 Å². The van der Waals surface area contributed by atoms with Gasteiger partial charge >= 0.3 is 5.97 Å². The van der Waals surface area contributed by atoms with Crippen LogP contribution in [0.3, 0.4) is 0 Å². The minimum absolute atomic E-state index is 0.0250. The molecule has 3 amide bonds. The molecule has 0 spiro atoms. The predicted octanol–water partition coefficient (Wildman–Crippen LogP) is 4.12. The van der Waals surface area contributed by atoms with E-state index in [0.29, 0.717) is 39.4 Å². The molecule has 4 aromatic carbocycles. The van der Waals surface area contributed by atoms with Crippen LogP contribution >= 0.6 is 0 Å². The lowest BCUT2D eigenvalue weighted by Crippen LogP contribution is -2.55. The first kappa shape index (κ1) is 32.8. The molecule has 1 heterocycles. The fourth-order valence-corrected chi connectivity index (χ4v) is 5.61. The Kier molecular flexibility index (Phi) is 9.67. The molecule has 4 aromatic rings. The van der Waals surface area contributed by atoms with Gasteiger partial charge in [-0.25, -0.2) is 4.79 Å². The van der Waals surface area contributed by atoms with Gasteiger partial charge < -0.3 is 29.9 Å². The zero-order valence-corrected chi connectivity index (χ0v) is 26.8. The van der Waals surface area contributed by atoms with Crippen LogP contribution in [0, 0.1) is 0 Å².